The van der Waals surface area contributed by atoms with Crippen molar-refractivity contribution in [2.75, 3.05) is 13.1 Å². The van der Waals surface area contributed by atoms with Gasteiger partial charge in [-0.3, -0.25) is 10.1 Å². The number of non-ortho nitro benzene ring substituents is 1. The molecule has 0 saturated carbocycles. The number of nitro groups is 1. The Bertz CT molecular complexity index is 1030. The summed E-state index contributed by atoms with van der Waals surface area (Å²) in [6, 6.07) is 11.5. The van der Waals surface area contributed by atoms with E-state index in [9.17, 15) is 23.3 Å². The lowest BCUT2D eigenvalue weighted by Gasteiger charge is -2.34. The van der Waals surface area contributed by atoms with Crippen LogP contribution in [-0.4, -0.2) is 36.7 Å². The third kappa shape index (κ3) is 5.03. The first-order valence-electron chi connectivity index (χ1n) is 9.67. The van der Waals surface area contributed by atoms with E-state index >= 15 is 0 Å². The number of nitro benzene ring substituents is 1. The van der Waals surface area contributed by atoms with Crippen LogP contribution in [0.5, 0.6) is 0 Å². The van der Waals surface area contributed by atoms with Crippen molar-refractivity contribution in [3.63, 3.8) is 0 Å². The summed E-state index contributed by atoms with van der Waals surface area (Å²) in [5.74, 6) is -0.0381. The van der Waals surface area contributed by atoms with Gasteiger partial charge in [-0.05, 0) is 48.1 Å². The quantitative estimate of drug-likeness (QED) is 0.392. The fourth-order valence-electron chi connectivity index (χ4n) is 3.71. The number of nitrogens with zero attached hydrogens (tertiary/aromatic N) is 2. The third-order valence-electron chi connectivity index (χ3n) is 5.05. The SMILES string of the molecule is C[C@@H]1C[C@@H](C)CN(S(=O)(=O)c2ccc(C(=O)OCc3cccc([N+](=O)[O-])c3)cc2)C1. The summed E-state index contributed by atoms with van der Waals surface area (Å²) in [7, 11) is -3.62. The molecule has 1 aliphatic rings. The monoisotopic (exact) mass is 432 g/mol. The van der Waals surface area contributed by atoms with Crippen LogP contribution in [-0.2, 0) is 21.4 Å². The highest BCUT2D eigenvalue weighted by Gasteiger charge is 2.31. The molecule has 0 amide bonds. The van der Waals surface area contributed by atoms with Gasteiger partial charge in [-0.1, -0.05) is 26.0 Å². The van der Waals surface area contributed by atoms with Gasteiger partial charge >= 0.3 is 5.97 Å². The van der Waals surface area contributed by atoms with Crippen molar-refractivity contribution in [1.29, 1.82) is 0 Å². The number of benzene rings is 2. The number of esters is 1. The highest BCUT2D eigenvalue weighted by molar-refractivity contribution is 7.89. The zero-order chi connectivity index (χ0) is 21.9. The second kappa shape index (κ2) is 8.93. The lowest BCUT2D eigenvalue weighted by atomic mass is 9.94. The van der Waals surface area contributed by atoms with Gasteiger partial charge in [-0.2, -0.15) is 4.31 Å². The van der Waals surface area contributed by atoms with Crippen molar-refractivity contribution in [3.05, 3.63) is 69.8 Å². The Morgan fingerprint density at radius 2 is 1.77 bits per heavy atom. The van der Waals surface area contributed by atoms with Crippen molar-refractivity contribution in [3.8, 4) is 0 Å². The molecule has 9 heteroatoms. The largest absolute Gasteiger partial charge is 0.457 e. The van der Waals surface area contributed by atoms with Gasteiger partial charge in [0, 0.05) is 25.2 Å². The Labute approximate surface area is 175 Å². The van der Waals surface area contributed by atoms with Crippen LogP contribution >= 0.6 is 0 Å². The molecule has 2 atom stereocenters. The van der Waals surface area contributed by atoms with Gasteiger partial charge in [0.05, 0.1) is 15.4 Å². The maximum absolute atomic E-state index is 12.9. The first kappa shape index (κ1) is 21.9. The molecule has 160 valence electrons. The van der Waals surface area contributed by atoms with Crippen LogP contribution < -0.4 is 0 Å². The van der Waals surface area contributed by atoms with Gasteiger partial charge in [0.25, 0.3) is 5.69 Å². The van der Waals surface area contributed by atoms with E-state index in [1.807, 2.05) is 13.8 Å². The summed E-state index contributed by atoms with van der Waals surface area (Å²) in [6.07, 6.45) is 1.00. The number of piperidine rings is 1. The van der Waals surface area contributed by atoms with Gasteiger partial charge in [-0.25, -0.2) is 13.2 Å². The van der Waals surface area contributed by atoms with E-state index in [1.165, 1.54) is 46.8 Å². The highest BCUT2D eigenvalue weighted by Crippen LogP contribution is 2.27. The van der Waals surface area contributed by atoms with Gasteiger partial charge in [-0.15, -0.1) is 0 Å². The van der Waals surface area contributed by atoms with Crippen LogP contribution in [0.1, 0.15) is 36.2 Å². The fraction of sp³-hybridized carbons (Fsp3) is 0.381. The number of sulfonamides is 1. The third-order valence-corrected chi connectivity index (χ3v) is 6.90. The molecule has 1 fully saturated rings. The summed E-state index contributed by atoms with van der Waals surface area (Å²) in [6.45, 7) is 4.93. The normalized spacial score (nSPS) is 19.9. The molecule has 0 unspecified atom stereocenters. The van der Waals surface area contributed by atoms with Crippen molar-refractivity contribution in [1.82, 2.24) is 4.31 Å². The van der Waals surface area contributed by atoms with Crippen LogP contribution in [0.2, 0.25) is 0 Å². The summed E-state index contributed by atoms with van der Waals surface area (Å²) in [5, 5.41) is 10.8. The van der Waals surface area contributed by atoms with Crippen LogP contribution in [0.4, 0.5) is 5.69 Å². The minimum atomic E-state index is -3.62. The van der Waals surface area contributed by atoms with Crippen molar-refractivity contribution < 1.29 is 22.9 Å². The molecule has 8 nitrogen and oxygen atoms in total. The van der Waals surface area contributed by atoms with Crippen LogP contribution in [0.3, 0.4) is 0 Å². The molecule has 0 N–H and O–H groups in total. The molecule has 0 radical (unpaired) electrons. The van der Waals surface area contributed by atoms with E-state index in [0.717, 1.165) is 6.42 Å². The van der Waals surface area contributed by atoms with Crippen molar-refractivity contribution >= 4 is 21.7 Å². The Balaban J connectivity index is 1.67. The van der Waals surface area contributed by atoms with Gasteiger partial charge < -0.3 is 4.74 Å². The van der Waals surface area contributed by atoms with E-state index in [2.05, 4.69) is 0 Å². The molecular formula is C21H24N2O6S. The average molecular weight is 432 g/mol. The Morgan fingerprint density at radius 1 is 1.13 bits per heavy atom. The zero-order valence-electron chi connectivity index (χ0n) is 16.9. The minimum Gasteiger partial charge on any atom is -0.457 e. The lowest BCUT2D eigenvalue weighted by molar-refractivity contribution is -0.384. The number of hydrogen-bond acceptors (Lipinski definition) is 6. The molecule has 30 heavy (non-hydrogen) atoms. The summed E-state index contributed by atoms with van der Waals surface area (Å²) < 4.78 is 32.5. The Kier molecular flexibility index (Phi) is 6.52. The van der Waals surface area contributed by atoms with E-state index in [1.54, 1.807) is 6.07 Å². The number of carbonyl (C=O) groups excluding carboxylic acids is 1. The molecule has 0 aromatic heterocycles. The predicted molar refractivity (Wildman–Crippen MR) is 110 cm³/mol. The summed E-state index contributed by atoms with van der Waals surface area (Å²) in [5.41, 5.74) is 0.615. The smallest absolute Gasteiger partial charge is 0.338 e. The molecule has 2 aromatic rings. The topological polar surface area (TPSA) is 107 Å². The molecule has 1 heterocycles. The Hall–Kier alpha value is -2.78. The lowest BCUT2D eigenvalue weighted by Crippen LogP contribution is -2.42. The second-order valence-electron chi connectivity index (χ2n) is 7.80. The van der Waals surface area contributed by atoms with Gasteiger partial charge in [0.1, 0.15) is 6.61 Å². The van der Waals surface area contributed by atoms with E-state index < -0.39 is 20.9 Å². The molecule has 1 saturated heterocycles. The molecule has 2 aromatic carbocycles. The van der Waals surface area contributed by atoms with E-state index in [4.69, 9.17) is 4.74 Å². The van der Waals surface area contributed by atoms with Crippen LogP contribution in [0, 0.1) is 22.0 Å². The number of hydrogen-bond donors (Lipinski definition) is 0. The summed E-state index contributed by atoms with van der Waals surface area (Å²) >= 11 is 0. The maximum Gasteiger partial charge on any atom is 0.338 e. The van der Waals surface area contributed by atoms with Crippen LogP contribution in [0.15, 0.2) is 53.4 Å². The molecular weight excluding hydrogens is 408 g/mol. The number of rotatable bonds is 6. The maximum atomic E-state index is 12.9. The van der Waals surface area contributed by atoms with Crippen molar-refractivity contribution in [2.45, 2.75) is 31.8 Å². The number of carbonyl (C=O) groups is 1. The standard InChI is InChI=1S/C21H24N2O6S/c1-15-10-16(2)13-22(12-15)30(27,28)20-8-6-18(7-9-20)21(24)29-14-17-4-3-5-19(11-17)23(25)26/h3-9,11,15-16H,10,12-14H2,1-2H3/t15-,16-/m1/s1. The second-order valence-corrected chi connectivity index (χ2v) is 9.73. The molecule has 0 aliphatic carbocycles. The van der Waals surface area contributed by atoms with E-state index in [-0.39, 0.29) is 22.8 Å². The molecule has 1 aliphatic heterocycles. The van der Waals surface area contributed by atoms with Gasteiger partial charge in [0.2, 0.25) is 10.0 Å². The van der Waals surface area contributed by atoms with Crippen molar-refractivity contribution in [2.24, 2.45) is 11.8 Å². The van der Waals surface area contributed by atoms with Crippen LogP contribution in [0.25, 0.3) is 0 Å². The molecule has 0 bridgehead atoms. The minimum absolute atomic E-state index is 0.0838. The molecule has 3 rings (SSSR count). The average Bonchev–Trinajstić information content (AvgIpc) is 2.71. The Morgan fingerprint density at radius 3 is 2.37 bits per heavy atom. The zero-order valence-corrected chi connectivity index (χ0v) is 17.7. The predicted octanol–water partition coefficient (Wildman–Crippen LogP) is 3.62. The summed E-state index contributed by atoms with van der Waals surface area (Å²) in [4.78, 5) is 22.7. The number of ether oxygens (including phenoxy) is 1. The first-order chi connectivity index (χ1) is 14.2. The fourth-order valence-corrected chi connectivity index (χ4v) is 5.39. The van der Waals surface area contributed by atoms with Gasteiger partial charge in [0.15, 0.2) is 0 Å². The highest BCUT2D eigenvalue weighted by atomic mass is 32.2. The first-order valence-corrected chi connectivity index (χ1v) is 11.1. The molecule has 0 spiro atoms. The van der Waals surface area contributed by atoms with E-state index in [0.29, 0.717) is 30.5 Å².